The van der Waals surface area contributed by atoms with Gasteiger partial charge in [-0.25, -0.2) is 0 Å². The van der Waals surface area contributed by atoms with E-state index in [1.807, 2.05) is 17.8 Å². The molecule has 0 fully saturated rings. The van der Waals surface area contributed by atoms with Crippen LogP contribution < -0.4 is 10.5 Å². The minimum absolute atomic E-state index is 0.574. The summed E-state index contributed by atoms with van der Waals surface area (Å²) < 4.78 is 5.48. The lowest BCUT2D eigenvalue weighted by Gasteiger charge is -2.16. The van der Waals surface area contributed by atoms with Crippen molar-refractivity contribution in [3.05, 3.63) is 23.8 Å². The number of fused-ring (bicyclic) bond motifs is 1. The summed E-state index contributed by atoms with van der Waals surface area (Å²) in [4.78, 5) is 1.38. The molecule has 3 heteroatoms. The summed E-state index contributed by atoms with van der Waals surface area (Å²) in [5.74, 6) is 2.18. The fourth-order valence-electron chi connectivity index (χ4n) is 1.59. The fraction of sp³-hybridized carbons (Fsp3) is 0.455. The van der Waals surface area contributed by atoms with Crippen LogP contribution in [0.2, 0.25) is 0 Å². The molecule has 2 N–H and O–H groups in total. The highest BCUT2D eigenvalue weighted by molar-refractivity contribution is 7.99. The van der Waals surface area contributed by atoms with Crippen molar-refractivity contribution in [2.75, 3.05) is 18.9 Å². The van der Waals surface area contributed by atoms with Gasteiger partial charge in [0, 0.05) is 11.4 Å². The van der Waals surface area contributed by atoms with E-state index < -0.39 is 0 Å². The lowest BCUT2D eigenvalue weighted by atomic mass is 10.1. The molecule has 76 valence electrons. The fourth-order valence-corrected chi connectivity index (χ4v) is 2.65. The van der Waals surface area contributed by atoms with Crippen LogP contribution in [0.5, 0.6) is 5.75 Å². The van der Waals surface area contributed by atoms with E-state index in [0.29, 0.717) is 13.2 Å². The Morgan fingerprint density at radius 1 is 1.43 bits per heavy atom. The molecule has 0 amide bonds. The Kier molecular flexibility index (Phi) is 3.32. The summed E-state index contributed by atoms with van der Waals surface area (Å²) in [6.07, 6.45) is 2.50. The van der Waals surface area contributed by atoms with Crippen molar-refractivity contribution in [2.45, 2.75) is 17.7 Å². The van der Waals surface area contributed by atoms with Crippen molar-refractivity contribution in [3.63, 3.8) is 0 Å². The molecule has 2 nitrogen and oxygen atoms in total. The summed E-state index contributed by atoms with van der Waals surface area (Å²) in [5.41, 5.74) is 6.84. The van der Waals surface area contributed by atoms with Gasteiger partial charge in [-0.3, -0.25) is 0 Å². The molecule has 1 heterocycles. The second kappa shape index (κ2) is 4.71. The molecule has 0 spiro atoms. The third-order valence-electron chi connectivity index (χ3n) is 2.27. The van der Waals surface area contributed by atoms with Gasteiger partial charge in [-0.2, -0.15) is 0 Å². The van der Waals surface area contributed by atoms with Gasteiger partial charge in [0.15, 0.2) is 0 Å². The molecule has 1 aromatic carbocycles. The Balaban J connectivity index is 2.12. The van der Waals surface area contributed by atoms with E-state index >= 15 is 0 Å². The largest absolute Gasteiger partial charge is 0.492 e. The van der Waals surface area contributed by atoms with Gasteiger partial charge < -0.3 is 10.5 Å². The number of benzene rings is 1. The van der Waals surface area contributed by atoms with E-state index in [2.05, 4.69) is 12.1 Å². The first-order valence-corrected chi connectivity index (χ1v) is 5.97. The van der Waals surface area contributed by atoms with Crippen molar-refractivity contribution < 1.29 is 4.74 Å². The van der Waals surface area contributed by atoms with Gasteiger partial charge in [0.05, 0.1) is 0 Å². The van der Waals surface area contributed by atoms with Gasteiger partial charge in [-0.05, 0) is 36.3 Å². The summed E-state index contributed by atoms with van der Waals surface area (Å²) in [6.45, 7) is 1.17. The van der Waals surface area contributed by atoms with Gasteiger partial charge in [-0.15, -0.1) is 11.8 Å². The number of ether oxygens (including phenoxy) is 1. The maximum Gasteiger partial charge on any atom is 0.120 e. The van der Waals surface area contributed by atoms with E-state index in [1.54, 1.807) is 0 Å². The molecule has 1 aromatic rings. The number of nitrogens with two attached hydrogens (primary N) is 1. The van der Waals surface area contributed by atoms with E-state index in [4.69, 9.17) is 10.5 Å². The first kappa shape index (κ1) is 9.87. The molecule has 14 heavy (non-hydrogen) atoms. The van der Waals surface area contributed by atoms with Crippen molar-refractivity contribution in [1.82, 2.24) is 0 Å². The van der Waals surface area contributed by atoms with Crippen LogP contribution in [0, 0.1) is 0 Å². The molecular weight excluding hydrogens is 194 g/mol. The van der Waals surface area contributed by atoms with E-state index in [9.17, 15) is 0 Å². The number of thioether (sulfide) groups is 1. The van der Waals surface area contributed by atoms with Crippen molar-refractivity contribution in [2.24, 2.45) is 5.73 Å². The summed E-state index contributed by atoms with van der Waals surface area (Å²) >= 11 is 1.93. The molecule has 0 saturated carbocycles. The number of rotatable bonds is 3. The van der Waals surface area contributed by atoms with E-state index in [0.717, 1.165) is 5.75 Å². The van der Waals surface area contributed by atoms with Crippen LogP contribution in [0.3, 0.4) is 0 Å². The van der Waals surface area contributed by atoms with Crippen LogP contribution in [0.15, 0.2) is 23.1 Å². The normalized spacial score (nSPS) is 14.9. The third kappa shape index (κ3) is 2.22. The van der Waals surface area contributed by atoms with E-state index in [-0.39, 0.29) is 0 Å². The smallest absolute Gasteiger partial charge is 0.120 e. The van der Waals surface area contributed by atoms with Crippen molar-refractivity contribution >= 4 is 11.8 Å². The standard InChI is InChI=1S/C11H15NOS/c12-5-6-13-10-4-3-9-2-1-7-14-11(9)8-10/h3-4,8H,1-2,5-7,12H2. The van der Waals surface area contributed by atoms with Gasteiger partial charge in [0.25, 0.3) is 0 Å². The molecular formula is C11H15NOS. The van der Waals surface area contributed by atoms with Crippen LogP contribution in [0.1, 0.15) is 12.0 Å². The Bertz CT molecular complexity index is 314. The third-order valence-corrected chi connectivity index (χ3v) is 3.46. The van der Waals surface area contributed by atoms with Crippen molar-refractivity contribution in [1.29, 1.82) is 0 Å². The second-order valence-electron chi connectivity index (χ2n) is 3.36. The average molecular weight is 209 g/mol. The first-order chi connectivity index (χ1) is 6.90. The Labute approximate surface area is 88.8 Å². The minimum Gasteiger partial charge on any atom is -0.492 e. The molecule has 0 radical (unpaired) electrons. The quantitative estimate of drug-likeness (QED) is 0.827. The summed E-state index contributed by atoms with van der Waals surface area (Å²) in [6, 6.07) is 6.35. The lowest BCUT2D eigenvalue weighted by molar-refractivity contribution is 0.327. The summed E-state index contributed by atoms with van der Waals surface area (Å²) in [5, 5.41) is 0. The van der Waals surface area contributed by atoms with Crippen LogP contribution in [0.4, 0.5) is 0 Å². The van der Waals surface area contributed by atoms with Crippen LogP contribution in [-0.2, 0) is 6.42 Å². The van der Waals surface area contributed by atoms with Crippen LogP contribution >= 0.6 is 11.8 Å². The van der Waals surface area contributed by atoms with Gasteiger partial charge in [0.2, 0.25) is 0 Å². The number of aryl methyl sites for hydroxylation is 1. The lowest BCUT2D eigenvalue weighted by Crippen LogP contribution is -2.10. The Morgan fingerprint density at radius 3 is 3.21 bits per heavy atom. The Morgan fingerprint density at radius 2 is 2.36 bits per heavy atom. The number of hydrogen-bond acceptors (Lipinski definition) is 3. The maximum atomic E-state index is 5.48. The van der Waals surface area contributed by atoms with Gasteiger partial charge in [0.1, 0.15) is 12.4 Å². The molecule has 0 saturated heterocycles. The SMILES string of the molecule is NCCOc1ccc2c(c1)SCCC2. The molecule has 1 aliphatic heterocycles. The average Bonchev–Trinajstić information content (AvgIpc) is 2.26. The zero-order chi connectivity index (χ0) is 9.80. The molecule has 0 aromatic heterocycles. The number of hydrogen-bond donors (Lipinski definition) is 1. The van der Waals surface area contributed by atoms with Gasteiger partial charge in [-0.1, -0.05) is 6.07 Å². The minimum atomic E-state index is 0.574. The highest BCUT2D eigenvalue weighted by Gasteiger charge is 2.09. The van der Waals surface area contributed by atoms with Crippen LogP contribution in [-0.4, -0.2) is 18.9 Å². The second-order valence-corrected chi connectivity index (χ2v) is 4.50. The highest BCUT2D eigenvalue weighted by Crippen LogP contribution is 2.32. The predicted molar refractivity (Wildman–Crippen MR) is 60.0 cm³/mol. The Hall–Kier alpha value is -0.670. The zero-order valence-corrected chi connectivity index (χ0v) is 8.98. The first-order valence-electron chi connectivity index (χ1n) is 4.99. The van der Waals surface area contributed by atoms with Crippen LogP contribution in [0.25, 0.3) is 0 Å². The monoisotopic (exact) mass is 209 g/mol. The molecule has 0 aliphatic carbocycles. The molecule has 0 atom stereocenters. The molecule has 1 aliphatic rings. The topological polar surface area (TPSA) is 35.2 Å². The zero-order valence-electron chi connectivity index (χ0n) is 8.16. The molecule has 0 unspecified atom stereocenters. The summed E-state index contributed by atoms with van der Waals surface area (Å²) in [7, 11) is 0. The molecule has 0 bridgehead atoms. The van der Waals surface area contributed by atoms with Gasteiger partial charge >= 0.3 is 0 Å². The maximum absolute atomic E-state index is 5.48. The van der Waals surface area contributed by atoms with Crippen molar-refractivity contribution in [3.8, 4) is 5.75 Å². The predicted octanol–water partition coefficient (Wildman–Crippen LogP) is 2.06. The van der Waals surface area contributed by atoms with E-state index in [1.165, 1.54) is 29.1 Å². The highest BCUT2D eigenvalue weighted by atomic mass is 32.2. The molecule has 2 rings (SSSR count).